The van der Waals surface area contributed by atoms with Crippen LogP contribution in [0.25, 0.3) is 101 Å². The van der Waals surface area contributed by atoms with Gasteiger partial charge in [-0.25, -0.2) is 4.39 Å². The molecule has 0 aliphatic heterocycles. The van der Waals surface area contributed by atoms with Gasteiger partial charge < -0.3 is 29.9 Å². The maximum Gasteiger partial charge on any atom is 0.123 e. The molecule has 0 fully saturated rings. The molecule has 15 rings (SSSR count). The Morgan fingerprint density at radius 2 is 0.670 bits per heavy atom. The fourth-order valence-corrected chi connectivity index (χ4v) is 10.2. The fourth-order valence-electron chi connectivity index (χ4n) is 10.2. The number of halogens is 1. The van der Waals surface area contributed by atoms with Gasteiger partial charge in [-0.2, -0.15) is 0 Å². The van der Waals surface area contributed by atoms with Gasteiger partial charge in [0.1, 0.15) is 5.82 Å². The number of aryl methyl sites for hydroxylation is 5. The van der Waals surface area contributed by atoms with Gasteiger partial charge in [0.05, 0.1) is 0 Å². The number of aromatic nitrogens is 6. The van der Waals surface area contributed by atoms with E-state index in [9.17, 15) is 4.39 Å². The average molecular weight is 1890 g/mol. The maximum atomic E-state index is 13.0. The molecule has 3 radical (unpaired) electrons. The Bertz CT molecular complexity index is 5200. The molecule has 0 saturated carbocycles. The van der Waals surface area contributed by atoms with Crippen LogP contribution in [0.3, 0.4) is 0 Å². The van der Waals surface area contributed by atoms with Crippen molar-refractivity contribution in [2.75, 3.05) is 0 Å². The van der Waals surface area contributed by atoms with E-state index in [1.807, 2.05) is 183 Å². The summed E-state index contributed by atoms with van der Waals surface area (Å²) in [5, 5.41) is 0. The van der Waals surface area contributed by atoms with Crippen molar-refractivity contribution in [3.63, 3.8) is 0 Å². The van der Waals surface area contributed by atoms with Gasteiger partial charge in [-0.3, -0.25) is 0 Å². The second-order valence-corrected chi connectivity index (χ2v) is 22.4. The second kappa shape index (κ2) is 42.2. The molecule has 0 N–H and O–H groups in total. The number of hydrogen-bond donors (Lipinski definition) is 0. The quantitative estimate of drug-likeness (QED) is 0.120. The van der Waals surface area contributed by atoms with Gasteiger partial charge in [-0.05, 0) is 136 Å². The van der Waals surface area contributed by atoms with E-state index in [1.165, 1.54) is 54.3 Å². The molecule has 1 unspecified atom stereocenters. The molecule has 0 amide bonds. The minimum atomic E-state index is -2.46. The molecule has 10 heteroatoms. The van der Waals surface area contributed by atoms with Crippen molar-refractivity contribution >= 4 is 0 Å². The van der Waals surface area contributed by atoms with Gasteiger partial charge in [-0.15, -0.1) is 215 Å². The van der Waals surface area contributed by atoms with Gasteiger partial charge in [-0.1, -0.05) is 148 Å². The number of rotatable bonds is 11. The second-order valence-electron chi connectivity index (χ2n) is 22.4. The predicted octanol–water partition coefficient (Wildman–Crippen LogP) is 23.3. The fraction of sp³-hybridized carbons (Fsp3) is 0.0968. The molecule has 9 aromatic carbocycles. The molecule has 0 aliphatic rings. The molecule has 15 aromatic rings. The summed E-state index contributed by atoms with van der Waals surface area (Å²) in [6.45, 7) is -3.09. The van der Waals surface area contributed by atoms with E-state index >= 15 is 0 Å². The summed E-state index contributed by atoms with van der Waals surface area (Å²) in [6, 6.07) is 106. The third-order valence-corrected chi connectivity index (χ3v) is 15.3. The molecular weight excluding hydrogens is 1800 g/mol. The molecule has 519 valence electrons. The van der Waals surface area contributed by atoms with E-state index in [4.69, 9.17) is 17.8 Å². The topological polar surface area (TPSA) is 77.3 Å². The Balaban J connectivity index is 0.000000193. The normalized spacial score (nSPS) is 13.0. The van der Waals surface area contributed by atoms with Crippen LogP contribution < -0.4 is 0 Å². The van der Waals surface area contributed by atoms with Crippen LogP contribution in [0.5, 0.6) is 0 Å². The molecule has 0 saturated heterocycles. The molecule has 6 aromatic heterocycles. The van der Waals surface area contributed by atoms with E-state index in [1.54, 1.807) is 85.1 Å². The predicted molar refractivity (Wildman–Crippen MR) is 410 cm³/mol. The smallest absolute Gasteiger partial charge is 0.123 e. The van der Waals surface area contributed by atoms with Crippen LogP contribution in [-0.2, 0) is 66.7 Å². The van der Waals surface area contributed by atoms with E-state index in [2.05, 4.69) is 104 Å². The van der Waals surface area contributed by atoms with Crippen LogP contribution >= 0.6 is 0 Å². The summed E-state index contributed by atoms with van der Waals surface area (Å²) in [5.74, 6) is -1.99. The summed E-state index contributed by atoms with van der Waals surface area (Å²) in [5.41, 5.74) is 19.6. The molecule has 6 nitrogen and oxygen atoms in total. The first-order valence-corrected chi connectivity index (χ1v) is 32.2. The van der Waals surface area contributed by atoms with Crippen LogP contribution in [0.4, 0.5) is 4.39 Å². The maximum absolute atomic E-state index is 13.0. The number of benzene rings is 9. The number of nitrogens with zero attached hydrogens (tertiary/aromatic N) is 6. The zero-order valence-corrected chi connectivity index (χ0v) is 63.6. The van der Waals surface area contributed by atoms with Gasteiger partial charge in [0.2, 0.25) is 0 Å². The van der Waals surface area contributed by atoms with Crippen molar-refractivity contribution in [3.8, 4) is 101 Å². The van der Waals surface area contributed by atoms with Crippen molar-refractivity contribution in [3.05, 3.63) is 398 Å². The summed E-state index contributed by atoms with van der Waals surface area (Å²) in [6.07, 6.45) is 10.6. The first kappa shape index (κ1) is 62.5. The first-order valence-electron chi connectivity index (χ1n) is 38.7. The molecule has 0 bridgehead atoms. The molecule has 1 atom stereocenters. The standard InChI is InChI=1S/C20H18N.C19H16N.C18H13FN.3C12H10N.3Ir/c1-15(2)18-13-20(17-11-7-4-8-12-17)21-14-19(18)16-9-5-3-6-10-16;1-2-15-13-19(17-11-7-4-8-12-17)20-14-18(15)16-9-5-3-6-10-16;1-13-11-18(15-5-3-2-4-6-15)20-12-17(13)14-7-9-16(19)10-8-14;3*1-10-7-8-12(13-9-10)11-5-3-2-4-6-11;;;/h3-11,13-15H,1-2H3;3-11,13-14H,2H2,1H3;2-5,7-12H,1H3;3*2-5,7-9H,1H3;;;/q6*-1;;;/i1D3,15D;;;3*1D3;;;. The zero-order valence-electron chi connectivity index (χ0n) is 69.4. The summed E-state index contributed by atoms with van der Waals surface area (Å²) >= 11 is 0. The Kier molecular flexibility index (Phi) is 25.6. The van der Waals surface area contributed by atoms with Crippen LogP contribution in [0, 0.1) is 69.7 Å². The van der Waals surface area contributed by atoms with Crippen molar-refractivity contribution in [1.82, 2.24) is 29.9 Å². The Morgan fingerprint density at radius 3 is 1.00 bits per heavy atom. The molecule has 6 heterocycles. The van der Waals surface area contributed by atoms with Crippen LogP contribution in [0.1, 0.15) is 77.8 Å². The largest absolute Gasteiger partial charge is 0.304 e. The van der Waals surface area contributed by atoms with Crippen LogP contribution in [0.2, 0.25) is 0 Å². The average Bonchev–Trinajstić information content (AvgIpc) is 0.762. The van der Waals surface area contributed by atoms with Gasteiger partial charge in [0.25, 0.3) is 0 Å². The van der Waals surface area contributed by atoms with Gasteiger partial charge in [0.15, 0.2) is 0 Å². The SMILES string of the molecule is CCc1cc(-c2[c-]cccc2)ncc1-c1ccccc1.Cc1cc(-c2[c-]cccc2)ncc1-c1ccc(F)cc1.[2H]C([2H])([2H])C([2H])(C)c1cc(-c2[c-]cccc2)ncc1-c1ccccc1.[2H]C([2H])([2H])c1ccc(-c2[c-]cccc2)nc1.[2H]C([2H])([2H])c1ccc(-c2[c-]cccc2)nc1.[2H]C([2H])([2H])c1ccc(-c2[c-]cccc2)nc1.[Ir].[Ir].[Ir]. The molecule has 0 aliphatic carbocycles. The zero-order chi connectivity index (χ0) is 80.6. The molecule has 0 spiro atoms. The Morgan fingerprint density at radius 1 is 0.350 bits per heavy atom. The summed E-state index contributed by atoms with van der Waals surface area (Å²) < 4.78 is 110. The Hall–Kier alpha value is -10.2. The van der Waals surface area contributed by atoms with E-state index in [0.29, 0.717) is 16.8 Å². The van der Waals surface area contributed by atoms with E-state index < -0.39 is 33.3 Å². The van der Waals surface area contributed by atoms with Gasteiger partial charge in [0, 0.05) is 132 Å². The third-order valence-electron chi connectivity index (χ3n) is 15.3. The number of hydrogen-bond acceptors (Lipinski definition) is 6. The summed E-state index contributed by atoms with van der Waals surface area (Å²) in [7, 11) is 0. The van der Waals surface area contributed by atoms with E-state index in [0.717, 1.165) is 90.5 Å². The minimum absolute atomic E-state index is 0. The van der Waals surface area contributed by atoms with Crippen molar-refractivity contribution in [2.24, 2.45) is 0 Å². The first-order chi connectivity index (χ1) is 54.1. The van der Waals surface area contributed by atoms with Crippen molar-refractivity contribution in [1.29, 1.82) is 0 Å². The molecular formula is C93H77FIr3N6-6. The number of pyridine rings is 6. The summed E-state index contributed by atoms with van der Waals surface area (Å²) in [4.78, 5) is 25.9. The van der Waals surface area contributed by atoms with Crippen molar-refractivity contribution < 1.29 is 82.5 Å². The van der Waals surface area contributed by atoms with E-state index in [-0.39, 0.29) is 82.8 Å². The molecule has 103 heavy (non-hydrogen) atoms. The minimum Gasteiger partial charge on any atom is -0.304 e. The van der Waals surface area contributed by atoms with Crippen molar-refractivity contribution in [2.45, 2.75) is 60.5 Å². The third kappa shape index (κ3) is 24.2. The van der Waals surface area contributed by atoms with Crippen LogP contribution in [-0.4, -0.2) is 29.9 Å². The van der Waals surface area contributed by atoms with Gasteiger partial charge >= 0.3 is 0 Å². The Labute approximate surface area is 667 Å². The van der Waals surface area contributed by atoms with Crippen LogP contribution in [0.15, 0.2) is 322 Å². The monoisotopic (exact) mass is 1890 g/mol.